The average molecular weight is 372 g/mol. The summed E-state index contributed by atoms with van der Waals surface area (Å²) < 4.78 is 0. The van der Waals surface area contributed by atoms with Crippen LogP contribution in [0.5, 0.6) is 0 Å². The summed E-state index contributed by atoms with van der Waals surface area (Å²) >= 11 is 1.59. The Bertz CT molecular complexity index is 868. The van der Waals surface area contributed by atoms with Crippen molar-refractivity contribution < 1.29 is 9.59 Å². The van der Waals surface area contributed by atoms with Crippen molar-refractivity contribution in [1.29, 1.82) is 0 Å². The summed E-state index contributed by atoms with van der Waals surface area (Å²) in [6.45, 7) is 6.04. The van der Waals surface area contributed by atoms with Crippen LogP contribution in [0.1, 0.15) is 82.2 Å². The van der Waals surface area contributed by atoms with Crippen molar-refractivity contribution in [2.24, 2.45) is 5.41 Å². The van der Waals surface area contributed by atoms with Crippen molar-refractivity contribution in [2.75, 3.05) is 5.32 Å². The molecule has 26 heavy (non-hydrogen) atoms. The Balaban J connectivity index is 1.59. The van der Waals surface area contributed by atoms with Crippen LogP contribution in [0.2, 0.25) is 0 Å². The Hall–Kier alpha value is -1.95. The molecule has 2 aromatic rings. The number of thiazole rings is 1. The highest BCUT2D eigenvalue weighted by atomic mass is 32.1. The number of carbonyl (C=O) groups excluding carboxylic acids is 2. The SMILES string of the molecule is Cc1c(C(=O)Nc2nc3c(s2)CCCCC3)[nH]c2c1C(=O)CC(C)(C)C2. The first-order valence-electron chi connectivity index (χ1n) is 9.39. The van der Waals surface area contributed by atoms with Gasteiger partial charge in [0.2, 0.25) is 0 Å². The number of amides is 1. The minimum atomic E-state index is -0.202. The van der Waals surface area contributed by atoms with E-state index in [9.17, 15) is 9.59 Å². The van der Waals surface area contributed by atoms with Crippen molar-refractivity contribution in [3.8, 4) is 0 Å². The lowest BCUT2D eigenvalue weighted by Gasteiger charge is -2.28. The standard InChI is InChI=1S/C20H25N3O2S/c1-11-16-13(9-20(2,3)10-14(16)24)21-17(11)18(25)23-19-22-12-7-5-4-6-8-15(12)26-19/h21H,4-10H2,1-3H3,(H,22,23,25). The van der Waals surface area contributed by atoms with Gasteiger partial charge in [0, 0.05) is 22.6 Å². The van der Waals surface area contributed by atoms with Crippen molar-refractivity contribution >= 4 is 28.2 Å². The summed E-state index contributed by atoms with van der Waals surface area (Å²) in [4.78, 5) is 34.5. The Morgan fingerprint density at radius 1 is 1.19 bits per heavy atom. The smallest absolute Gasteiger partial charge is 0.274 e. The number of hydrogen-bond acceptors (Lipinski definition) is 4. The summed E-state index contributed by atoms with van der Waals surface area (Å²) in [6.07, 6.45) is 6.99. The van der Waals surface area contributed by atoms with Gasteiger partial charge in [-0.25, -0.2) is 4.98 Å². The van der Waals surface area contributed by atoms with Crippen molar-refractivity contribution in [1.82, 2.24) is 9.97 Å². The molecule has 5 nitrogen and oxygen atoms in total. The largest absolute Gasteiger partial charge is 0.354 e. The Labute approximate surface area is 157 Å². The molecular weight excluding hydrogens is 346 g/mol. The number of carbonyl (C=O) groups is 2. The average Bonchev–Trinajstić information content (AvgIpc) is 2.99. The van der Waals surface area contributed by atoms with Gasteiger partial charge in [-0.3, -0.25) is 14.9 Å². The third-order valence-corrected chi connectivity index (χ3v) is 6.52. The molecule has 1 amide bonds. The van der Waals surface area contributed by atoms with Gasteiger partial charge in [-0.05, 0) is 50.0 Å². The molecule has 0 saturated carbocycles. The maximum Gasteiger partial charge on any atom is 0.274 e. The van der Waals surface area contributed by atoms with E-state index >= 15 is 0 Å². The van der Waals surface area contributed by atoms with Crippen molar-refractivity contribution in [2.45, 2.75) is 65.7 Å². The number of nitrogens with one attached hydrogen (secondary N) is 2. The molecule has 2 N–H and O–H groups in total. The maximum atomic E-state index is 12.8. The number of H-pyrrole nitrogens is 1. The lowest BCUT2D eigenvalue weighted by atomic mass is 9.75. The summed E-state index contributed by atoms with van der Waals surface area (Å²) in [5.41, 5.74) is 3.93. The van der Waals surface area contributed by atoms with Gasteiger partial charge in [0.05, 0.1) is 5.69 Å². The zero-order valence-corrected chi connectivity index (χ0v) is 16.4. The normalized spacial score (nSPS) is 18.8. The summed E-state index contributed by atoms with van der Waals surface area (Å²) in [7, 11) is 0. The molecule has 2 aliphatic rings. The van der Waals surface area contributed by atoms with Gasteiger partial charge in [0.1, 0.15) is 5.69 Å². The van der Waals surface area contributed by atoms with Crippen LogP contribution < -0.4 is 5.32 Å². The number of rotatable bonds is 2. The number of Topliss-reactive ketones (excluding diaryl/α,β-unsaturated/α-hetero) is 1. The first-order chi connectivity index (χ1) is 12.3. The van der Waals surface area contributed by atoms with Gasteiger partial charge < -0.3 is 4.98 Å². The monoisotopic (exact) mass is 371 g/mol. The lowest BCUT2D eigenvalue weighted by molar-refractivity contribution is 0.0910. The molecule has 0 aliphatic heterocycles. The van der Waals surface area contributed by atoms with Gasteiger partial charge in [-0.1, -0.05) is 20.3 Å². The van der Waals surface area contributed by atoms with Gasteiger partial charge in [0.15, 0.2) is 10.9 Å². The minimum absolute atomic E-state index is 0.0675. The highest BCUT2D eigenvalue weighted by Crippen LogP contribution is 2.37. The highest BCUT2D eigenvalue weighted by Gasteiger charge is 2.35. The van der Waals surface area contributed by atoms with Crippen molar-refractivity contribution in [3.05, 3.63) is 33.1 Å². The van der Waals surface area contributed by atoms with Crippen molar-refractivity contribution in [3.63, 3.8) is 0 Å². The van der Waals surface area contributed by atoms with Crippen LogP contribution in [0.3, 0.4) is 0 Å². The molecule has 0 fully saturated rings. The van der Waals surface area contributed by atoms with E-state index in [1.54, 1.807) is 11.3 Å². The van der Waals surface area contributed by atoms with E-state index in [0.29, 0.717) is 22.8 Å². The lowest BCUT2D eigenvalue weighted by Crippen LogP contribution is -2.26. The van der Waals surface area contributed by atoms with Crippen LogP contribution >= 0.6 is 11.3 Å². The van der Waals surface area contributed by atoms with E-state index in [4.69, 9.17) is 0 Å². The van der Waals surface area contributed by atoms with Crippen LogP contribution in [0.25, 0.3) is 0 Å². The number of fused-ring (bicyclic) bond motifs is 2. The Morgan fingerprint density at radius 3 is 2.77 bits per heavy atom. The molecule has 0 atom stereocenters. The zero-order valence-electron chi connectivity index (χ0n) is 15.6. The molecule has 0 saturated heterocycles. The second-order valence-electron chi connectivity index (χ2n) is 8.32. The Morgan fingerprint density at radius 2 is 1.96 bits per heavy atom. The molecule has 0 spiro atoms. The van der Waals surface area contributed by atoms with E-state index in [2.05, 4.69) is 29.1 Å². The van der Waals surface area contributed by atoms with Crippen LogP contribution in [0, 0.1) is 12.3 Å². The fraction of sp³-hybridized carbons (Fsp3) is 0.550. The molecule has 2 heterocycles. The van der Waals surface area contributed by atoms with Crippen LogP contribution in [-0.4, -0.2) is 21.7 Å². The topological polar surface area (TPSA) is 74.8 Å². The van der Waals surface area contributed by atoms with Gasteiger partial charge >= 0.3 is 0 Å². The molecule has 6 heteroatoms. The second kappa shape index (κ2) is 6.34. The predicted molar refractivity (Wildman–Crippen MR) is 103 cm³/mol. The van der Waals surface area contributed by atoms with Gasteiger partial charge in [-0.15, -0.1) is 11.3 Å². The summed E-state index contributed by atoms with van der Waals surface area (Å²) in [5.74, 6) is -0.0728. The third-order valence-electron chi connectivity index (χ3n) is 5.44. The Kier molecular flexibility index (Phi) is 4.26. The number of aryl methyl sites for hydroxylation is 2. The fourth-order valence-corrected chi connectivity index (χ4v) is 5.25. The first kappa shape index (κ1) is 17.5. The van der Waals surface area contributed by atoms with E-state index in [1.165, 1.54) is 24.1 Å². The number of aromatic amines is 1. The molecule has 138 valence electrons. The molecule has 0 radical (unpaired) electrons. The molecule has 0 bridgehead atoms. The third kappa shape index (κ3) is 3.11. The number of hydrogen-bond donors (Lipinski definition) is 2. The number of nitrogens with zero attached hydrogens (tertiary/aromatic N) is 1. The number of ketones is 1. The summed E-state index contributed by atoms with van der Waals surface area (Å²) in [5, 5.41) is 3.61. The number of aromatic nitrogens is 2. The van der Waals surface area contributed by atoms with Gasteiger partial charge in [-0.2, -0.15) is 0 Å². The fourth-order valence-electron chi connectivity index (χ4n) is 4.20. The molecule has 2 aliphatic carbocycles. The molecule has 2 aromatic heterocycles. The predicted octanol–water partition coefficient (Wildman–Crippen LogP) is 4.46. The molecule has 4 rings (SSSR count). The molecule has 0 aromatic carbocycles. The quantitative estimate of drug-likeness (QED) is 0.766. The number of anilines is 1. The van der Waals surface area contributed by atoms with Crippen LogP contribution in [0.4, 0.5) is 5.13 Å². The van der Waals surface area contributed by atoms with E-state index in [0.717, 1.165) is 36.2 Å². The minimum Gasteiger partial charge on any atom is -0.354 e. The zero-order chi connectivity index (χ0) is 18.5. The molecular formula is C20H25N3O2S. The van der Waals surface area contributed by atoms with E-state index in [1.807, 2.05) is 6.92 Å². The first-order valence-corrected chi connectivity index (χ1v) is 10.2. The van der Waals surface area contributed by atoms with Crippen LogP contribution in [0.15, 0.2) is 0 Å². The molecule has 0 unspecified atom stereocenters. The second-order valence-corrected chi connectivity index (χ2v) is 9.41. The highest BCUT2D eigenvalue weighted by molar-refractivity contribution is 7.15. The van der Waals surface area contributed by atoms with Gasteiger partial charge in [0.25, 0.3) is 5.91 Å². The van der Waals surface area contributed by atoms with E-state index < -0.39 is 0 Å². The van der Waals surface area contributed by atoms with E-state index in [-0.39, 0.29) is 17.1 Å². The maximum absolute atomic E-state index is 12.8. The summed E-state index contributed by atoms with van der Waals surface area (Å²) in [6, 6.07) is 0. The van der Waals surface area contributed by atoms with Crippen LogP contribution in [-0.2, 0) is 19.3 Å².